The van der Waals surface area contributed by atoms with Crippen LogP contribution in [0.3, 0.4) is 0 Å². The van der Waals surface area contributed by atoms with Crippen LogP contribution in [0.15, 0.2) is 17.6 Å². The second-order valence-electron chi connectivity index (χ2n) is 4.93. The molecule has 7 heteroatoms. The lowest BCUT2D eigenvalue weighted by molar-refractivity contribution is 0.456. The molecule has 21 heavy (non-hydrogen) atoms. The van der Waals surface area contributed by atoms with Crippen molar-refractivity contribution in [3.05, 3.63) is 12.7 Å². The fourth-order valence-electron chi connectivity index (χ4n) is 1.71. The highest BCUT2D eigenvalue weighted by Gasteiger charge is 2.06. The molecule has 0 rings (SSSR count). The number of aliphatic imine (C=N–C) groups is 1. The molecule has 126 valence electrons. The van der Waals surface area contributed by atoms with E-state index in [1.165, 1.54) is 19.1 Å². The second-order valence-corrected chi connectivity index (χ2v) is 7.18. The molecule has 0 saturated carbocycles. The van der Waals surface area contributed by atoms with E-state index in [-0.39, 0.29) is 29.7 Å². The third kappa shape index (κ3) is 14.4. The van der Waals surface area contributed by atoms with Crippen LogP contribution in [0.25, 0.3) is 0 Å². The molecule has 0 amide bonds. The molecule has 0 bridgehead atoms. The molecule has 0 aromatic carbocycles. The number of halogens is 1. The van der Waals surface area contributed by atoms with Crippen LogP contribution in [0.4, 0.5) is 0 Å². The van der Waals surface area contributed by atoms with E-state index in [1.54, 1.807) is 0 Å². The highest BCUT2D eigenvalue weighted by atomic mass is 127. The standard InChI is InChI=1S/C14H29N3O2S.HI/c1-5-7-8-9-10-12-17(3)14(15-6-2)16-11-13-20(4,18)19;/h5H,1,6-13H2,2-4H3,(H,15,16);1H. The Labute approximate surface area is 147 Å². The van der Waals surface area contributed by atoms with Gasteiger partial charge >= 0.3 is 0 Å². The average Bonchev–Trinajstić information content (AvgIpc) is 2.36. The van der Waals surface area contributed by atoms with Gasteiger partial charge in [-0.25, -0.2) is 8.42 Å². The summed E-state index contributed by atoms with van der Waals surface area (Å²) in [5.41, 5.74) is 0. The number of allylic oxidation sites excluding steroid dienone is 1. The Morgan fingerprint density at radius 2 is 2.00 bits per heavy atom. The van der Waals surface area contributed by atoms with E-state index >= 15 is 0 Å². The maximum Gasteiger partial charge on any atom is 0.193 e. The number of hydrogen-bond acceptors (Lipinski definition) is 3. The zero-order chi connectivity index (χ0) is 15.4. The highest BCUT2D eigenvalue weighted by molar-refractivity contribution is 14.0. The van der Waals surface area contributed by atoms with Gasteiger partial charge in [-0.1, -0.05) is 12.5 Å². The van der Waals surface area contributed by atoms with Crippen LogP contribution in [0.5, 0.6) is 0 Å². The Balaban J connectivity index is 0. The van der Waals surface area contributed by atoms with E-state index in [4.69, 9.17) is 0 Å². The summed E-state index contributed by atoms with van der Waals surface area (Å²) in [4.78, 5) is 6.41. The number of nitrogens with zero attached hydrogens (tertiary/aromatic N) is 2. The number of sulfone groups is 1. The Morgan fingerprint density at radius 1 is 1.33 bits per heavy atom. The number of unbranched alkanes of at least 4 members (excludes halogenated alkanes) is 3. The van der Waals surface area contributed by atoms with Crippen molar-refractivity contribution < 1.29 is 8.42 Å². The number of nitrogens with one attached hydrogen (secondary N) is 1. The maximum atomic E-state index is 11.1. The molecule has 0 aliphatic rings. The summed E-state index contributed by atoms with van der Waals surface area (Å²) in [6.45, 7) is 7.72. The molecule has 0 saturated heterocycles. The Bertz CT molecular complexity index is 397. The van der Waals surface area contributed by atoms with Crippen molar-refractivity contribution in [3.8, 4) is 0 Å². The van der Waals surface area contributed by atoms with Crippen molar-refractivity contribution in [2.45, 2.75) is 32.6 Å². The van der Waals surface area contributed by atoms with Gasteiger partial charge in [0, 0.05) is 26.4 Å². The van der Waals surface area contributed by atoms with Crippen molar-refractivity contribution >= 4 is 39.8 Å². The van der Waals surface area contributed by atoms with Gasteiger partial charge in [0.25, 0.3) is 0 Å². The molecular formula is C14H30IN3O2S. The van der Waals surface area contributed by atoms with Gasteiger partial charge in [0.1, 0.15) is 9.84 Å². The minimum absolute atomic E-state index is 0. The lowest BCUT2D eigenvalue weighted by Crippen LogP contribution is -2.39. The summed E-state index contributed by atoms with van der Waals surface area (Å²) >= 11 is 0. The summed E-state index contributed by atoms with van der Waals surface area (Å²) in [5, 5.41) is 3.19. The molecule has 0 aromatic heterocycles. The smallest absolute Gasteiger partial charge is 0.193 e. The normalized spacial score (nSPS) is 11.7. The average molecular weight is 431 g/mol. The van der Waals surface area contributed by atoms with Gasteiger partial charge in [0.15, 0.2) is 5.96 Å². The van der Waals surface area contributed by atoms with Gasteiger partial charge in [-0.15, -0.1) is 30.6 Å². The fourth-order valence-corrected chi connectivity index (χ4v) is 2.13. The quantitative estimate of drug-likeness (QED) is 0.190. The number of rotatable bonds is 10. The number of hydrogen-bond donors (Lipinski definition) is 1. The molecule has 0 aliphatic heterocycles. The van der Waals surface area contributed by atoms with Crippen LogP contribution in [0.1, 0.15) is 32.6 Å². The van der Waals surface area contributed by atoms with Crippen molar-refractivity contribution in [3.63, 3.8) is 0 Å². The predicted molar refractivity (Wildman–Crippen MR) is 102 cm³/mol. The molecule has 0 aromatic rings. The van der Waals surface area contributed by atoms with Gasteiger partial charge < -0.3 is 10.2 Å². The van der Waals surface area contributed by atoms with Gasteiger partial charge in [0.2, 0.25) is 0 Å². The van der Waals surface area contributed by atoms with E-state index in [1.807, 2.05) is 20.0 Å². The van der Waals surface area contributed by atoms with Crippen LogP contribution in [-0.2, 0) is 9.84 Å². The van der Waals surface area contributed by atoms with Gasteiger partial charge in [-0.2, -0.15) is 0 Å². The third-order valence-electron chi connectivity index (χ3n) is 2.82. The summed E-state index contributed by atoms with van der Waals surface area (Å²) in [5.74, 6) is 0.870. The second kappa shape index (κ2) is 13.4. The van der Waals surface area contributed by atoms with E-state index in [0.717, 1.165) is 31.9 Å². The van der Waals surface area contributed by atoms with Crippen LogP contribution in [0, 0.1) is 0 Å². The Hall–Kier alpha value is -0.310. The van der Waals surface area contributed by atoms with Gasteiger partial charge in [-0.3, -0.25) is 4.99 Å². The summed E-state index contributed by atoms with van der Waals surface area (Å²) in [6.07, 6.45) is 7.67. The first-order chi connectivity index (χ1) is 9.40. The van der Waals surface area contributed by atoms with E-state index in [9.17, 15) is 8.42 Å². The SMILES string of the molecule is C=CCCCCCN(C)C(=NCCS(C)(=O)=O)NCC.I. The molecule has 0 heterocycles. The van der Waals surface area contributed by atoms with Crippen molar-refractivity contribution in [2.24, 2.45) is 4.99 Å². The van der Waals surface area contributed by atoms with Crippen LogP contribution in [0.2, 0.25) is 0 Å². The highest BCUT2D eigenvalue weighted by Crippen LogP contribution is 2.01. The van der Waals surface area contributed by atoms with Gasteiger partial charge in [-0.05, 0) is 26.2 Å². The molecule has 0 atom stereocenters. The predicted octanol–water partition coefficient (Wildman–Crippen LogP) is 2.29. The monoisotopic (exact) mass is 431 g/mol. The lowest BCUT2D eigenvalue weighted by atomic mass is 10.2. The van der Waals surface area contributed by atoms with Crippen molar-refractivity contribution in [1.29, 1.82) is 0 Å². The molecule has 5 nitrogen and oxygen atoms in total. The lowest BCUT2D eigenvalue weighted by Gasteiger charge is -2.22. The summed E-state index contributed by atoms with van der Waals surface area (Å²) in [6, 6.07) is 0. The maximum absolute atomic E-state index is 11.1. The first-order valence-corrected chi connectivity index (χ1v) is 9.24. The molecule has 1 N–H and O–H groups in total. The van der Waals surface area contributed by atoms with Gasteiger partial charge in [0.05, 0.1) is 12.3 Å². The minimum atomic E-state index is -2.95. The first kappa shape index (κ1) is 23.0. The summed E-state index contributed by atoms with van der Waals surface area (Å²) < 4.78 is 22.2. The molecule has 0 unspecified atom stereocenters. The molecule has 0 radical (unpaired) electrons. The first-order valence-electron chi connectivity index (χ1n) is 7.18. The zero-order valence-electron chi connectivity index (χ0n) is 13.5. The van der Waals surface area contributed by atoms with Crippen LogP contribution < -0.4 is 5.32 Å². The van der Waals surface area contributed by atoms with Crippen LogP contribution >= 0.6 is 24.0 Å². The Kier molecular flexibility index (Phi) is 14.6. The summed E-state index contributed by atoms with van der Waals surface area (Å²) in [7, 11) is -0.969. The fraction of sp³-hybridized carbons (Fsp3) is 0.786. The Morgan fingerprint density at radius 3 is 2.52 bits per heavy atom. The van der Waals surface area contributed by atoms with Crippen molar-refractivity contribution in [1.82, 2.24) is 10.2 Å². The molecule has 0 fully saturated rings. The van der Waals surface area contributed by atoms with Crippen LogP contribution in [-0.4, -0.2) is 58.0 Å². The molecule has 0 spiro atoms. The topological polar surface area (TPSA) is 61.8 Å². The minimum Gasteiger partial charge on any atom is -0.357 e. The number of guanidine groups is 1. The van der Waals surface area contributed by atoms with E-state index in [2.05, 4.69) is 21.8 Å². The zero-order valence-corrected chi connectivity index (χ0v) is 16.6. The largest absolute Gasteiger partial charge is 0.357 e. The van der Waals surface area contributed by atoms with E-state index < -0.39 is 9.84 Å². The van der Waals surface area contributed by atoms with E-state index in [0.29, 0.717) is 6.54 Å². The molecular weight excluding hydrogens is 401 g/mol. The molecule has 0 aliphatic carbocycles. The van der Waals surface area contributed by atoms with Crippen molar-refractivity contribution in [2.75, 3.05) is 38.7 Å². The third-order valence-corrected chi connectivity index (χ3v) is 3.75.